The Balaban J connectivity index is 1.51. The molecule has 1 aliphatic heterocycles. The highest BCUT2D eigenvalue weighted by atomic mass is 16.5. The summed E-state index contributed by atoms with van der Waals surface area (Å²) >= 11 is 0. The van der Waals surface area contributed by atoms with Gasteiger partial charge in [0.05, 0.1) is 19.3 Å². The first-order valence-electron chi connectivity index (χ1n) is 9.82. The van der Waals surface area contributed by atoms with Crippen LogP contribution in [-0.2, 0) is 27.5 Å². The summed E-state index contributed by atoms with van der Waals surface area (Å²) in [6, 6.07) is 10.0. The topological polar surface area (TPSA) is 116 Å². The number of benzene rings is 1. The first-order chi connectivity index (χ1) is 15.0. The highest BCUT2D eigenvalue weighted by Gasteiger charge is 2.37. The lowest BCUT2D eigenvalue weighted by molar-refractivity contribution is -0.141. The van der Waals surface area contributed by atoms with Gasteiger partial charge in [-0.15, -0.1) is 0 Å². The number of methoxy groups -OCH3 is 1. The lowest BCUT2D eigenvalue weighted by Gasteiger charge is -2.24. The molecule has 160 valence electrons. The lowest BCUT2D eigenvalue weighted by atomic mass is 10.1. The number of ether oxygens (including phenoxy) is 2. The summed E-state index contributed by atoms with van der Waals surface area (Å²) in [4.78, 5) is 42.3. The molecule has 3 heterocycles. The molecule has 1 aliphatic rings. The second-order valence-electron chi connectivity index (χ2n) is 7.24. The number of imidazole rings is 1. The number of esters is 1. The number of nitrogens with two attached hydrogens (primary N) is 1. The number of hydrogen-bond donors (Lipinski definition) is 1. The van der Waals surface area contributed by atoms with Crippen LogP contribution in [0.5, 0.6) is 5.75 Å². The van der Waals surface area contributed by atoms with Crippen LogP contribution >= 0.6 is 0 Å². The maximum Gasteiger partial charge on any atom is 0.305 e. The quantitative estimate of drug-likeness (QED) is 0.552. The fourth-order valence-electron chi connectivity index (χ4n) is 3.73. The lowest BCUT2D eigenvalue weighted by Crippen LogP contribution is -2.45. The Bertz CT molecular complexity index is 1120. The van der Waals surface area contributed by atoms with E-state index in [2.05, 4.69) is 9.72 Å². The Morgan fingerprint density at radius 1 is 1.23 bits per heavy atom. The van der Waals surface area contributed by atoms with Crippen LogP contribution in [0.3, 0.4) is 0 Å². The number of nitrogens with zero attached hydrogens (tertiary/aromatic N) is 3. The van der Waals surface area contributed by atoms with Crippen LogP contribution in [0, 0.1) is 0 Å². The van der Waals surface area contributed by atoms with E-state index in [4.69, 9.17) is 10.5 Å². The van der Waals surface area contributed by atoms with Crippen LogP contribution in [-0.4, -0.2) is 45.2 Å². The summed E-state index contributed by atoms with van der Waals surface area (Å²) in [5.74, 6) is -0.910. The van der Waals surface area contributed by atoms with Crippen molar-refractivity contribution in [1.29, 1.82) is 0 Å². The smallest absolute Gasteiger partial charge is 0.305 e. The van der Waals surface area contributed by atoms with Gasteiger partial charge in [-0.05, 0) is 30.7 Å². The fraction of sp³-hybridized carbons (Fsp3) is 0.273. The minimum Gasteiger partial charge on any atom is -0.487 e. The summed E-state index contributed by atoms with van der Waals surface area (Å²) in [6.45, 7) is 0.401. The van der Waals surface area contributed by atoms with Gasteiger partial charge in [-0.1, -0.05) is 12.1 Å². The molecule has 4 rings (SSSR count). The number of aromatic nitrogens is 2. The van der Waals surface area contributed by atoms with Crippen molar-refractivity contribution in [2.75, 3.05) is 7.11 Å². The van der Waals surface area contributed by atoms with E-state index in [0.29, 0.717) is 16.9 Å². The predicted molar refractivity (Wildman–Crippen MR) is 110 cm³/mol. The molecule has 0 fully saturated rings. The zero-order valence-electron chi connectivity index (χ0n) is 17.0. The molecule has 0 saturated carbocycles. The van der Waals surface area contributed by atoms with Crippen molar-refractivity contribution in [2.24, 2.45) is 5.73 Å². The average Bonchev–Trinajstić information content (AvgIpc) is 3.33. The third-order valence-corrected chi connectivity index (χ3v) is 5.30. The largest absolute Gasteiger partial charge is 0.487 e. The fourth-order valence-corrected chi connectivity index (χ4v) is 3.73. The van der Waals surface area contributed by atoms with Gasteiger partial charge in [-0.2, -0.15) is 0 Å². The maximum atomic E-state index is 12.9. The van der Waals surface area contributed by atoms with Gasteiger partial charge in [0.1, 0.15) is 24.0 Å². The minimum absolute atomic E-state index is 0.0124. The number of hydrogen-bond acceptors (Lipinski definition) is 6. The first kappa shape index (κ1) is 20.4. The van der Waals surface area contributed by atoms with Gasteiger partial charge in [0.25, 0.3) is 5.91 Å². The van der Waals surface area contributed by atoms with E-state index < -0.39 is 17.9 Å². The van der Waals surface area contributed by atoms with Crippen LogP contribution in [0.25, 0.3) is 5.65 Å². The molecule has 0 radical (unpaired) electrons. The Kier molecular flexibility index (Phi) is 5.57. The molecule has 2 aromatic heterocycles. The van der Waals surface area contributed by atoms with Gasteiger partial charge < -0.3 is 24.5 Å². The summed E-state index contributed by atoms with van der Waals surface area (Å²) in [6.07, 6.45) is 3.87. The van der Waals surface area contributed by atoms with Gasteiger partial charge in [0, 0.05) is 29.9 Å². The van der Waals surface area contributed by atoms with Gasteiger partial charge in [-0.25, -0.2) is 4.98 Å². The number of carbonyl (C=O) groups excluding carboxylic acids is 3. The normalized spacial score (nSPS) is 13.8. The van der Waals surface area contributed by atoms with Crippen molar-refractivity contribution in [2.45, 2.75) is 32.0 Å². The molecule has 9 nitrogen and oxygen atoms in total. The van der Waals surface area contributed by atoms with Crippen LogP contribution < -0.4 is 10.5 Å². The van der Waals surface area contributed by atoms with E-state index in [0.717, 1.165) is 11.3 Å². The zero-order valence-corrected chi connectivity index (χ0v) is 17.0. The van der Waals surface area contributed by atoms with Crippen molar-refractivity contribution in [3.8, 4) is 5.75 Å². The van der Waals surface area contributed by atoms with E-state index >= 15 is 0 Å². The van der Waals surface area contributed by atoms with Gasteiger partial charge in [0.15, 0.2) is 0 Å². The molecule has 0 spiro atoms. The second-order valence-corrected chi connectivity index (χ2v) is 7.24. The van der Waals surface area contributed by atoms with Crippen molar-refractivity contribution < 1.29 is 23.9 Å². The molecule has 1 unspecified atom stereocenters. The van der Waals surface area contributed by atoms with Crippen molar-refractivity contribution in [3.63, 3.8) is 0 Å². The molecule has 0 saturated heterocycles. The highest BCUT2D eigenvalue weighted by Crippen LogP contribution is 2.33. The van der Waals surface area contributed by atoms with E-state index in [1.807, 2.05) is 35.0 Å². The summed E-state index contributed by atoms with van der Waals surface area (Å²) in [5, 5.41) is 0. The summed E-state index contributed by atoms with van der Waals surface area (Å²) in [7, 11) is 1.27. The Labute approximate surface area is 178 Å². The molecule has 0 bridgehead atoms. The van der Waals surface area contributed by atoms with Crippen molar-refractivity contribution >= 4 is 23.4 Å². The molecular weight excluding hydrogens is 400 g/mol. The molecule has 31 heavy (non-hydrogen) atoms. The minimum atomic E-state index is -0.912. The molecule has 9 heteroatoms. The Morgan fingerprint density at radius 2 is 2.06 bits per heavy atom. The van der Waals surface area contributed by atoms with Crippen molar-refractivity contribution in [3.05, 3.63) is 65.6 Å². The third-order valence-electron chi connectivity index (χ3n) is 5.30. The molecule has 1 aromatic carbocycles. The van der Waals surface area contributed by atoms with E-state index in [1.165, 1.54) is 12.0 Å². The van der Waals surface area contributed by atoms with Gasteiger partial charge >= 0.3 is 5.97 Å². The zero-order chi connectivity index (χ0) is 22.0. The maximum absolute atomic E-state index is 12.9. The molecule has 3 aromatic rings. The van der Waals surface area contributed by atoms with E-state index in [-0.39, 0.29) is 31.9 Å². The number of primary amides is 1. The Morgan fingerprint density at radius 3 is 2.81 bits per heavy atom. The monoisotopic (exact) mass is 422 g/mol. The van der Waals surface area contributed by atoms with Crippen LogP contribution in [0.1, 0.15) is 34.5 Å². The molecule has 0 aliphatic carbocycles. The highest BCUT2D eigenvalue weighted by molar-refractivity contribution is 6.01. The van der Waals surface area contributed by atoms with Gasteiger partial charge in [0.2, 0.25) is 5.91 Å². The van der Waals surface area contributed by atoms with Crippen LogP contribution in [0.4, 0.5) is 0 Å². The molecule has 2 N–H and O–H groups in total. The molecule has 1 atom stereocenters. The van der Waals surface area contributed by atoms with Gasteiger partial charge in [-0.3, -0.25) is 14.4 Å². The SMILES string of the molecule is COC(=O)CCC(C(N)=O)N1Cc2c(OCc3cn4ccccc4n3)cccc2C1=O. The summed E-state index contributed by atoms with van der Waals surface area (Å²) < 4.78 is 12.5. The Hall–Kier alpha value is -3.88. The van der Waals surface area contributed by atoms with E-state index in [1.54, 1.807) is 18.2 Å². The second kappa shape index (κ2) is 8.47. The number of amides is 2. The molecule has 2 amide bonds. The van der Waals surface area contributed by atoms with Crippen molar-refractivity contribution in [1.82, 2.24) is 14.3 Å². The average molecular weight is 422 g/mol. The predicted octanol–water partition coefficient (Wildman–Crippen LogP) is 1.68. The third kappa shape index (κ3) is 4.07. The number of carbonyl (C=O) groups is 3. The molecular formula is C22H22N4O5. The first-order valence-corrected chi connectivity index (χ1v) is 9.82. The number of fused-ring (bicyclic) bond motifs is 2. The number of rotatable bonds is 8. The number of pyridine rings is 1. The van der Waals surface area contributed by atoms with Crippen LogP contribution in [0.15, 0.2) is 48.8 Å². The standard InChI is InChI=1S/C22H22N4O5/c1-30-20(27)9-8-17(21(23)28)26-12-16-15(22(26)29)5-4-6-18(16)31-13-14-11-25-10-3-2-7-19(25)24-14/h2-7,10-11,17H,8-9,12-13H2,1H3,(H2,23,28). The summed E-state index contributed by atoms with van der Waals surface area (Å²) in [5.41, 5.74) is 8.22. The van der Waals surface area contributed by atoms with Crippen LogP contribution in [0.2, 0.25) is 0 Å². The van der Waals surface area contributed by atoms with E-state index in [9.17, 15) is 14.4 Å².